The van der Waals surface area contributed by atoms with Gasteiger partial charge in [0.25, 0.3) is 0 Å². The molecule has 0 bridgehead atoms. The lowest BCUT2D eigenvalue weighted by Gasteiger charge is -2.37. The average molecular weight is 358 g/mol. The quantitative estimate of drug-likeness (QED) is 0.621. The number of piperazine rings is 1. The molecule has 1 saturated heterocycles. The zero-order valence-electron chi connectivity index (χ0n) is 16.0. The summed E-state index contributed by atoms with van der Waals surface area (Å²) in [7, 11) is -1.55. The monoisotopic (exact) mass is 358 g/mol. The van der Waals surface area contributed by atoms with Gasteiger partial charge in [0.05, 0.1) is 0 Å². The van der Waals surface area contributed by atoms with Crippen LogP contribution in [-0.4, -0.2) is 59.9 Å². The minimum atomic E-state index is -1.55. The summed E-state index contributed by atoms with van der Waals surface area (Å²) in [6.07, 6.45) is 5.53. The third-order valence-electron chi connectivity index (χ3n) is 4.34. The summed E-state index contributed by atoms with van der Waals surface area (Å²) in [5, 5.41) is 19.3. The van der Waals surface area contributed by atoms with Crippen LogP contribution in [0.25, 0.3) is 0 Å². The van der Waals surface area contributed by atoms with Crippen LogP contribution in [0.5, 0.6) is 0 Å². The molecule has 1 heterocycles. The number of hydrogen-bond donors (Lipinski definition) is 2. The predicted molar refractivity (Wildman–Crippen MR) is 104 cm³/mol. The third kappa shape index (κ3) is 4.93. The maximum Gasteiger partial charge on any atom is 0.488 e. The molecule has 0 aliphatic carbocycles. The van der Waals surface area contributed by atoms with Gasteiger partial charge in [0.2, 0.25) is 0 Å². The second kappa shape index (κ2) is 8.02. The van der Waals surface area contributed by atoms with Crippen molar-refractivity contribution in [1.29, 1.82) is 0 Å². The Morgan fingerprint density at radius 2 is 1.88 bits per heavy atom. The summed E-state index contributed by atoms with van der Waals surface area (Å²) >= 11 is 0. The van der Waals surface area contributed by atoms with Crippen molar-refractivity contribution in [1.82, 2.24) is 4.90 Å². The molecule has 0 aromatic heterocycles. The zero-order valence-corrected chi connectivity index (χ0v) is 16.0. The molecule has 1 aliphatic rings. The summed E-state index contributed by atoms with van der Waals surface area (Å²) in [5.74, 6) is 2.59. The first-order valence-corrected chi connectivity index (χ1v) is 8.78. The number of amides is 1. The van der Waals surface area contributed by atoms with Gasteiger partial charge >= 0.3 is 13.2 Å². The molecule has 26 heavy (non-hydrogen) atoms. The molecule has 0 saturated carbocycles. The molecular weight excluding hydrogens is 331 g/mol. The van der Waals surface area contributed by atoms with E-state index in [1.165, 1.54) is 0 Å². The maximum atomic E-state index is 12.2. The van der Waals surface area contributed by atoms with Crippen LogP contribution in [0.15, 0.2) is 12.1 Å². The fraction of sp³-hybridized carbons (Fsp3) is 0.526. The van der Waals surface area contributed by atoms with Crippen LogP contribution in [0.3, 0.4) is 0 Å². The van der Waals surface area contributed by atoms with E-state index in [1.807, 2.05) is 33.8 Å². The van der Waals surface area contributed by atoms with Crippen LogP contribution in [0.4, 0.5) is 10.5 Å². The minimum absolute atomic E-state index is 0.304. The van der Waals surface area contributed by atoms with E-state index in [9.17, 15) is 14.8 Å². The summed E-state index contributed by atoms with van der Waals surface area (Å²) in [6.45, 7) is 9.79. The molecule has 0 radical (unpaired) electrons. The maximum absolute atomic E-state index is 12.2. The van der Waals surface area contributed by atoms with Crippen molar-refractivity contribution in [3.8, 4) is 12.3 Å². The van der Waals surface area contributed by atoms with E-state index in [-0.39, 0.29) is 6.09 Å². The summed E-state index contributed by atoms with van der Waals surface area (Å²) in [5.41, 5.74) is 2.55. The lowest BCUT2D eigenvalue weighted by molar-refractivity contribution is 0.0240. The molecule has 2 rings (SSSR count). The van der Waals surface area contributed by atoms with Gasteiger partial charge in [-0.25, -0.2) is 4.79 Å². The number of carbonyl (C=O) groups is 1. The van der Waals surface area contributed by atoms with Crippen molar-refractivity contribution in [2.24, 2.45) is 0 Å². The van der Waals surface area contributed by atoms with Gasteiger partial charge in [0.1, 0.15) is 5.60 Å². The first-order valence-electron chi connectivity index (χ1n) is 8.78. The molecule has 6 nitrogen and oxygen atoms in total. The fourth-order valence-corrected chi connectivity index (χ4v) is 3.05. The van der Waals surface area contributed by atoms with Crippen LogP contribution >= 0.6 is 0 Å². The lowest BCUT2D eigenvalue weighted by atomic mass is 9.75. The van der Waals surface area contributed by atoms with E-state index in [1.54, 1.807) is 11.0 Å². The molecule has 1 aromatic rings. The van der Waals surface area contributed by atoms with E-state index in [2.05, 4.69) is 10.8 Å². The second-order valence-electron chi connectivity index (χ2n) is 7.54. The minimum Gasteiger partial charge on any atom is -0.444 e. The van der Waals surface area contributed by atoms with Gasteiger partial charge in [0, 0.05) is 38.3 Å². The van der Waals surface area contributed by atoms with Crippen molar-refractivity contribution >= 4 is 24.4 Å². The van der Waals surface area contributed by atoms with Gasteiger partial charge in [-0.05, 0) is 50.4 Å². The Balaban J connectivity index is 2.16. The molecule has 140 valence electrons. The van der Waals surface area contributed by atoms with Crippen molar-refractivity contribution in [2.45, 2.75) is 39.7 Å². The summed E-state index contributed by atoms with van der Waals surface area (Å²) in [4.78, 5) is 16.0. The van der Waals surface area contributed by atoms with Gasteiger partial charge in [-0.1, -0.05) is 6.07 Å². The number of terminal acetylenes is 1. The largest absolute Gasteiger partial charge is 0.488 e. The molecule has 0 unspecified atom stereocenters. The Labute approximate surface area is 155 Å². The molecule has 0 spiro atoms. The highest BCUT2D eigenvalue weighted by atomic mass is 16.6. The Morgan fingerprint density at radius 3 is 2.38 bits per heavy atom. The Morgan fingerprint density at radius 1 is 1.27 bits per heavy atom. The number of rotatable bonds is 3. The third-order valence-corrected chi connectivity index (χ3v) is 4.34. The molecule has 1 fully saturated rings. The van der Waals surface area contributed by atoms with E-state index in [4.69, 9.17) is 11.2 Å². The van der Waals surface area contributed by atoms with Crippen LogP contribution < -0.4 is 10.4 Å². The number of nitrogens with zero attached hydrogens (tertiary/aromatic N) is 2. The predicted octanol–water partition coefficient (Wildman–Crippen LogP) is 0.908. The first-order chi connectivity index (χ1) is 12.1. The Bertz CT molecular complexity index is 699. The standard InChI is InChI=1S/C19H27BN2O4/c1-6-7-15-12-16(20(24)25)14(2)17(13-15)21-8-10-22(11-9-21)18(23)26-19(3,4)5/h1,12-13,24-25H,7-11H2,2-5H3. The molecule has 1 amide bonds. The highest BCUT2D eigenvalue weighted by Crippen LogP contribution is 2.23. The van der Waals surface area contributed by atoms with Crippen LogP contribution in [0.2, 0.25) is 0 Å². The van der Waals surface area contributed by atoms with E-state index in [0.29, 0.717) is 38.1 Å². The van der Waals surface area contributed by atoms with E-state index < -0.39 is 12.7 Å². The normalized spacial score (nSPS) is 14.8. The highest BCUT2D eigenvalue weighted by molar-refractivity contribution is 6.59. The first kappa shape index (κ1) is 20.2. The summed E-state index contributed by atoms with van der Waals surface area (Å²) < 4.78 is 5.42. The zero-order chi connectivity index (χ0) is 19.5. The smallest absolute Gasteiger partial charge is 0.444 e. The van der Waals surface area contributed by atoms with E-state index >= 15 is 0 Å². The molecule has 0 atom stereocenters. The van der Waals surface area contributed by atoms with Gasteiger partial charge in [0.15, 0.2) is 0 Å². The SMILES string of the molecule is C#CCc1cc(B(O)O)c(C)c(N2CCN(C(=O)OC(C)(C)C)CC2)c1. The summed E-state index contributed by atoms with van der Waals surface area (Å²) in [6, 6.07) is 3.73. The number of anilines is 1. The fourth-order valence-electron chi connectivity index (χ4n) is 3.05. The van der Waals surface area contributed by atoms with Gasteiger partial charge in [-0.2, -0.15) is 0 Å². The lowest BCUT2D eigenvalue weighted by Crippen LogP contribution is -2.50. The molecular formula is C19H27BN2O4. The Kier molecular flexibility index (Phi) is 6.22. The van der Waals surface area contributed by atoms with Crippen LogP contribution in [-0.2, 0) is 11.2 Å². The van der Waals surface area contributed by atoms with Crippen molar-refractivity contribution in [2.75, 3.05) is 31.1 Å². The van der Waals surface area contributed by atoms with Gasteiger partial charge in [-0.3, -0.25) is 0 Å². The topological polar surface area (TPSA) is 73.2 Å². The second-order valence-corrected chi connectivity index (χ2v) is 7.54. The average Bonchev–Trinajstić information content (AvgIpc) is 2.55. The number of carbonyl (C=O) groups excluding carboxylic acids is 1. The van der Waals surface area contributed by atoms with Crippen molar-refractivity contribution < 1.29 is 19.6 Å². The molecule has 2 N–H and O–H groups in total. The van der Waals surface area contributed by atoms with E-state index in [0.717, 1.165) is 16.8 Å². The van der Waals surface area contributed by atoms with Gasteiger partial charge < -0.3 is 24.6 Å². The molecule has 7 heteroatoms. The van der Waals surface area contributed by atoms with Crippen molar-refractivity contribution in [3.63, 3.8) is 0 Å². The Hall–Kier alpha value is -2.17. The number of benzene rings is 1. The number of hydrogen-bond acceptors (Lipinski definition) is 5. The molecule has 1 aliphatic heterocycles. The van der Waals surface area contributed by atoms with Gasteiger partial charge in [-0.15, -0.1) is 12.3 Å². The van der Waals surface area contributed by atoms with Crippen LogP contribution in [0.1, 0.15) is 31.9 Å². The number of ether oxygens (including phenoxy) is 1. The highest BCUT2D eigenvalue weighted by Gasteiger charge is 2.27. The van der Waals surface area contributed by atoms with Crippen LogP contribution in [0, 0.1) is 19.3 Å². The van der Waals surface area contributed by atoms with Crippen molar-refractivity contribution in [3.05, 3.63) is 23.3 Å². The molecule has 1 aromatic carbocycles.